The molecule has 0 aliphatic heterocycles. The van der Waals surface area contributed by atoms with Crippen molar-refractivity contribution in [2.45, 2.75) is 30.6 Å². The summed E-state index contributed by atoms with van der Waals surface area (Å²) in [5.41, 5.74) is 0. The quantitative estimate of drug-likeness (QED) is 0.592. The highest BCUT2D eigenvalue weighted by atomic mass is 32.2. The molecule has 2 heteroatoms. The van der Waals surface area contributed by atoms with Crippen LogP contribution in [0.25, 0.3) is 0 Å². The summed E-state index contributed by atoms with van der Waals surface area (Å²) in [6.07, 6.45) is 7.83. The lowest BCUT2D eigenvalue weighted by atomic mass is 10.0. The molecule has 2 rings (SSSR count). The molecule has 11 heavy (non-hydrogen) atoms. The van der Waals surface area contributed by atoms with E-state index < -0.39 is 0 Å². The molecule has 0 N–H and O–H groups in total. The average Bonchev–Trinajstić information content (AvgIpc) is 2.74. The van der Waals surface area contributed by atoms with Gasteiger partial charge in [0, 0.05) is 18.9 Å². The van der Waals surface area contributed by atoms with Gasteiger partial charge in [-0.05, 0) is 19.1 Å². The molecular formula is C9H16OS. The highest BCUT2D eigenvalue weighted by Crippen LogP contribution is 2.65. The van der Waals surface area contributed by atoms with Gasteiger partial charge >= 0.3 is 0 Å². The van der Waals surface area contributed by atoms with Crippen molar-refractivity contribution >= 4 is 11.8 Å². The maximum Gasteiger partial charge on any atom is 0.119 e. The average molecular weight is 172 g/mol. The SMILES string of the molecule is COC1(SC)C2CCCCC21. The number of hydrogen-bond donors (Lipinski definition) is 0. The number of ether oxygens (including phenoxy) is 1. The van der Waals surface area contributed by atoms with Crippen LogP contribution in [0.3, 0.4) is 0 Å². The molecule has 0 saturated heterocycles. The van der Waals surface area contributed by atoms with Crippen molar-refractivity contribution in [2.24, 2.45) is 11.8 Å². The Balaban J connectivity index is 2.06. The predicted molar refractivity (Wildman–Crippen MR) is 48.7 cm³/mol. The highest BCUT2D eigenvalue weighted by Gasteiger charge is 2.65. The first-order valence-electron chi connectivity index (χ1n) is 4.45. The van der Waals surface area contributed by atoms with Crippen LogP contribution in [-0.4, -0.2) is 18.3 Å². The standard InChI is InChI=1S/C9H16OS/c1-10-9(11-2)7-5-3-4-6-8(7)9/h7-8H,3-6H2,1-2H3. The fourth-order valence-electron chi connectivity index (χ4n) is 2.70. The maximum absolute atomic E-state index is 5.61. The molecule has 1 nitrogen and oxygen atoms in total. The zero-order valence-corrected chi connectivity index (χ0v) is 8.12. The van der Waals surface area contributed by atoms with E-state index >= 15 is 0 Å². The Kier molecular flexibility index (Phi) is 1.92. The lowest BCUT2D eigenvalue weighted by Crippen LogP contribution is -2.10. The van der Waals surface area contributed by atoms with Gasteiger partial charge in [-0.15, -0.1) is 11.8 Å². The Morgan fingerprint density at radius 3 is 2.18 bits per heavy atom. The summed E-state index contributed by atoms with van der Waals surface area (Å²) >= 11 is 1.92. The van der Waals surface area contributed by atoms with Crippen LogP contribution in [0.5, 0.6) is 0 Å². The molecule has 2 aliphatic carbocycles. The van der Waals surface area contributed by atoms with Crippen LogP contribution in [0, 0.1) is 11.8 Å². The van der Waals surface area contributed by atoms with Gasteiger partial charge in [0.15, 0.2) is 0 Å². The van der Waals surface area contributed by atoms with Crippen LogP contribution in [-0.2, 0) is 4.74 Å². The third-order valence-corrected chi connectivity index (χ3v) is 4.74. The van der Waals surface area contributed by atoms with E-state index in [0.717, 1.165) is 11.8 Å². The van der Waals surface area contributed by atoms with Gasteiger partial charge in [0.2, 0.25) is 0 Å². The van der Waals surface area contributed by atoms with Gasteiger partial charge in [-0.25, -0.2) is 0 Å². The van der Waals surface area contributed by atoms with Gasteiger partial charge in [-0.2, -0.15) is 0 Å². The molecular weight excluding hydrogens is 156 g/mol. The normalized spacial score (nSPS) is 48.5. The molecule has 0 heterocycles. The molecule has 2 atom stereocenters. The molecule has 0 radical (unpaired) electrons. The van der Waals surface area contributed by atoms with Gasteiger partial charge in [-0.3, -0.25) is 0 Å². The molecule has 0 aromatic carbocycles. The molecule has 0 spiro atoms. The molecule has 2 unspecified atom stereocenters. The summed E-state index contributed by atoms with van der Waals surface area (Å²) in [6.45, 7) is 0. The van der Waals surface area contributed by atoms with Crippen molar-refractivity contribution in [2.75, 3.05) is 13.4 Å². The lowest BCUT2D eigenvalue weighted by Gasteiger charge is -2.11. The zero-order chi connectivity index (χ0) is 7.90. The second-order valence-electron chi connectivity index (χ2n) is 3.63. The minimum Gasteiger partial charge on any atom is -0.367 e. The second-order valence-corrected chi connectivity index (χ2v) is 4.67. The van der Waals surface area contributed by atoms with Crippen LogP contribution in [0.15, 0.2) is 0 Å². The number of thioether (sulfide) groups is 1. The van der Waals surface area contributed by atoms with E-state index in [9.17, 15) is 0 Å². The van der Waals surface area contributed by atoms with E-state index in [-0.39, 0.29) is 4.93 Å². The lowest BCUT2D eigenvalue weighted by molar-refractivity contribution is 0.132. The summed E-state index contributed by atoms with van der Waals surface area (Å²) in [7, 11) is 1.87. The Labute approximate surface area is 72.9 Å². The summed E-state index contributed by atoms with van der Waals surface area (Å²) in [4.78, 5) is 0.247. The van der Waals surface area contributed by atoms with Crippen molar-refractivity contribution in [1.29, 1.82) is 0 Å². The molecule has 0 aromatic rings. The van der Waals surface area contributed by atoms with Crippen molar-refractivity contribution in [1.82, 2.24) is 0 Å². The third kappa shape index (κ3) is 0.955. The smallest absolute Gasteiger partial charge is 0.119 e. The molecule has 0 amide bonds. The third-order valence-electron chi connectivity index (χ3n) is 3.33. The minimum absolute atomic E-state index is 0.247. The van der Waals surface area contributed by atoms with Gasteiger partial charge in [0.05, 0.1) is 0 Å². The van der Waals surface area contributed by atoms with Crippen LogP contribution in [0.2, 0.25) is 0 Å². The van der Waals surface area contributed by atoms with Gasteiger partial charge in [-0.1, -0.05) is 12.8 Å². The van der Waals surface area contributed by atoms with Crippen molar-refractivity contribution in [3.63, 3.8) is 0 Å². The molecule has 2 saturated carbocycles. The fraction of sp³-hybridized carbons (Fsp3) is 1.00. The highest BCUT2D eigenvalue weighted by molar-refractivity contribution is 8.00. The van der Waals surface area contributed by atoms with Crippen molar-refractivity contribution < 1.29 is 4.74 Å². The van der Waals surface area contributed by atoms with Gasteiger partial charge in [0.1, 0.15) is 4.93 Å². The van der Waals surface area contributed by atoms with Gasteiger partial charge in [0.25, 0.3) is 0 Å². The van der Waals surface area contributed by atoms with Gasteiger partial charge < -0.3 is 4.74 Å². The summed E-state index contributed by atoms with van der Waals surface area (Å²) in [5, 5.41) is 0. The van der Waals surface area contributed by atoms with Crippen molar-refractivity contribution in [3.8, 4) is 0 Å². The molecule has 64 valence electrons. The molecule has 2 aliphatic rings. The Morgan fingerprint density at radius 1 is 1.27 bits per heavy atom. The van der Waals surface area contributed by atoms with E-state index in [1.807, 2.05) is 18.9 Å². The summed E-state index contributed by atoms with van der Waals surface area (Å²) in [6, 6.07) is 0. The van der Waals surface area contributed by atoms with Crippen LogP contribution in [0.4, 0.5) is 0 Å². The summed E-state index contributed by atoms with van der Waals surface area (Å²) < 4.78 is 5.61. The molecule has 2 fully saturated rings. The van der Waals surface area contributed by atoms with E-state index in [0.29, 0.717) is 0 Å². The van der Waals surface area contributed by atoms with E-state index in [4.69, 9.17) is 4.74 Å². The summed E-state index contributed by atoms with van der Waals surface area (Å²) in [5.74, 6) is 1.77. The first-order chi connectivity index (χ1) is 5.35. The topological polar surface area (TPSA) is 9.23 Å². The zero-order valence-electron chi connectivity index (χ0n) is 7.30. The van der Waals surface area contributed by atoms with E-state index in [1.54, 1.807) is 0 Å². The number of rotatable bonds is 2. The monoisotopic (exact) mass is 172 g/mol. The van der Waals surface area contributed by atoms with Crippen LogP contribution in [0.1, 0.15) is 25.7 Å². The number of hydrogen-bond acceptors (Lipinski definition) is 2. The number of fused-ring (bicyclic) bond motifs is 1. The molecule has 0 bridgehead atoms. The Hall–Kier alpha value is 0.310. The number of methoxy groups -OCH3 is 1. The Morgan fingerprint density at radius 2 is 1.82 bits per heavy atom. The fourth-order valence-corrected chi connectivity index (χ4v) is 3.97. The first-order valence-corrected chi connectivity index (χ1v) is 5.68. The van der Waals surface area contributed by atoms with Crippen molar-refractivity contribution in [3.05, 3.63) is 0 Å². The first kappa shape index (κ1) is 7.93. The largest absolute Gasteiger partial charge is 0.367 e. The predicted octanol–water partition coefficient (Wildman–Crippen LogP) is 2.51. The van der Waals surface area contributed by atoms with Crippen LogP contribution >= 0.6 is 11.8 Å². The molecule has 0 aromatic heterocycles. The van der Waals surface area contributed by atoms with Crippen LogP contribution < -0.4 is 0 Å². The van der Waals surface area contributed by atoms with E-state index in [1.165, 1.54) is 25.7 Å². The second kappa shape index (κ2) is 2.67. The van der Waals surface area contributed by atoms with E-state index in [2.05, 4.69) is 6.26 Å². The minimum atomic E-state index is 0.247. The Bertz CT molecular complexity index is 140. The maximum atomic E-state index is 5.61.